The predicted molar refractivity (Wildman–Crippen MR) is 98.4 cm³/mol. The fraction of sp³-hybridized carbons (Fsp3) is 0.0476. The summed E-state index contributed by atoms with van der Waals surface area (Å²) in [5.74, 6) is -12.4. The van der Waals surface area contributed by atoms with Crippen molar-refractivity contribution in [3.8, 4) is 11.5 Å². The van der Waals surface area contributed by atoms with Crippen LogP contribution in [0.15, 0.2) is 46.9 Å². The lowest BCUT2D eigenvalue weighted by molar-refractivity contribution is 0.101. The maximum Gasteiger partial charge on any atom is 0.261 e. The summed E-state index contributed by atoms with van der Waals surface area (Å²) >= 11 is 0. The molecule has 0 saturated heterocycles. The quantitative estimate of drug-likeness (QED) is 0.262. The molecule has 4 nitrogen and oxygen atoms in total. The van der Waals surface area contributed by atoms with Gasteiger partial charge in [-0.3, -0.25) is 4.79 Å². The number of oxazole rings is 1. The highest BCUT2D eigenvalue weighted by Gasteiger charge is 2.29. The van der Waals surface area contributed by atoms with Crippen molar-refractivity contribution in [2.75, 3.05) is 5.32 Å². The lowest BCUT2D eigenvalue weighted by Crippen LogP contribution is -2.19. The topological polar surface area (TPSA) is 55.1 Å². The minimum absolute atomic E-state index is 0.0280. The lowest BCUT2D eigenvalue weighted by atomic mass is 10.1. The van der Waals surface area contributed by atoms with Crippen molar-refractivity contribution in [3.05, 3.63) is 82.7 Å². The molecule has 0 aliphatic heterocycles. The number of aryl methyl sites for hydroxylation is 1. The van der Waals surface area contributed by atoms with Gasteiger partial charge in [-0.05, 0) is 37.3 Å². The van der Waals surface area contributed by atoms with E-state index >= 15 is 0 Å². The summed E-state index contributed by atoms with van der Waals surface area (Å²) in [5.41, 5.74) is 0.907. The number of nitrogens with zero attached hydrogens (tertiary/aromatic N) is 1. The Balaban J connectivity index is 1.66. The van der Waals surface area contributed by atoms with Crippen LogP contribution < -0.4 is 5.32 Å². The van der Waals surface area contributed by atoms with E-state index in [1.54, 1.807) is 0 Å². The summed E-state index contributed by atoms with van der Waals surface area (Å²) < 4.78 is 73.1. The molecule has 4 rings (SSSR count). The molecule has 0 radical (unpaired) electrons. The van der Waals surface area contributed by atoms with Gasteiger partial charge in [0.1, 0.15) is 11.1 Å². The van der Waals surface area contributed by atoms with Gasteiger partial charge in [0.15, 0.2) is 28.9 Å². The van der Waals surface area contributed by atoms with E-state index in [4.69, 9.17) is 4.42 Å². The van der Waals surface area contributed by atoms with Crippen LogP contribution >= 0.6 is 0 Å². The summed E-state index contributed by atoms with van der Waals surface area (Å²) in [4.78, 5) is 16.5. The summed E-state index contributed by atoms with van der Waals surface area (Å²) in [5, 5.41) is 2.11. The van der Waals surface area contributed by atoms with Gasteiger partial charge in [-0.1, -0.05) is 17.7 Å². The average Bonchev–Trinajstić information content (AvgIpc) is 3.15. The normalized spacial score (nSPS) is 11.1. The smallest absolute Gasteiger partial charge is 0.261 e. The monoisotopic (exact) mass is 418 g/mol. The highest BCUT2D eigenvalue weighted by molar-refractivity contribution is 6.05. The Kier molecular flexibility index (Phi) is 4.73. The molecule has 3 aromatic carbocycles. The molecule has 4 aromatic rings. The molecule has 0 spiro atoms. The van der Waals surface area contributed by atoms with Crippen molar-refractivity contribution in [3.63, 3.8) is 0 Å². The number of hydrogen-bond acceptors (Lipinski definition) is 3. The zero-order valence-electron chi connectivity index (χ0n) is 15.2. The second kappa shape index (κ2) is 7.25. The van der Waals surface area contributed by atoms with Gasteiger partial charge in [0.2, 0.25) is 11.7 Å². The van der Waals surface area contributed by atoms with Crippen LogP contribution in [0.5, 0.6) is 0 Å². The van der Waals surface area contributed by atoms with Gasteiger partial charge in [-0.25, -0.2) is 26.9 Å². The van der Waals surface area contributed by atoms with Crippen molar-refractivity contribution in [1.82, 2.24) is 4.98 Å². The fourth-order valence-corrected chi connectivity index (χ4v) is 2.82. The molecular formula is C21H11F5N2O2. The molecule has 152 valence electrons. The number of nitrogens with one attached hydrogen (secondary N) is 1. The highest BCUT2D eigenvalue weighted by atomic mass is 19.2. The third kappa shape index (κ3) is 3.28. The number of amides is 1. The molecule has 1 N–H and O–H groups in total. The van der Waals surface area contributed by atoms with Crippen LogP contribution in [0, 0.1) is 36.0 Å². The lowest BCUT2D eigenvalue weighted by Gasteiger charge is -2.09. The number of fused-ring (bicyclic) bond motifs is 1. The zero-order chi connectivity index (χ0) is 21.6. The van der Waals surface area contributed by atoms with Crippen LogP contribution in [0.3, 0.4) is 0 Å². The number of anilines is 1. The van der Waals surface area contributed by atoms with Crippen LogP contribution in [-0.4, -0.2) is 10.9 Å². The molecule has 0 fully saturated rings. The van der Waals surface area contributed by atoms with Crippen LogP contribution in [0.25, 0.3) is 22.6 Å². The van der Waals surface area contributed by atoms with E-state index in [1.165, 1.54) is 18.2 Å². The summed E-state index contributed by atoms with van der Waals surface area (Å²) in [6.45, 7) is 1.93. The van der Waals surface area contributed by atoms with E-state index in [-0.39, 0.29) is 5.69 Å². The van der Waals surface area contributed by atoms with E-state index in [9.17, 15) is 26.7 Å². The number of aromatic nitrogens is 1. The van der Waals surface area contributed by atoms with Crippen molar-refractivity contribution in [2.24, 2.45) is 0 Å². The van der Waals surface area contributed by atoms with E-state index in [0.717, 1.165) is 5.56 Å². The molecule has 0 unspecified atom stereocenters. The number of halogens is 5. The number of carbonyl (C=O) groups excluding carboxylic acids is 1. The van der Waals surface area contributed by atoms with Gasteiger partial charge in [0.05, 0.1) is 0 Å². The summed E-state index contributed by atoms with van der Waals surface area (Å²) in [7, 11) is 0. The number of carbonyl (C=O) groups is 1. The SMILES string of the molecule is Cc1ccc(-c2nc3cc(NC(=O)c4c(F)c(F)c(F)c(F)c4F)ccc3o2)cc1. The Bertz CT molecular complexity index is 1270. The van der Waals surface area contributed by atoms with E-state index in [0.29, 0.717) is 22.6 Å². The maximum atomic E-state index is 13.8. The Morgan fingerprint density at radius 3 is 2.10 bits per heavy atom. The molecule has 0 bridgehead atoms. The van der Waals surface area contributed by atoms with E-state index < -0.39 is 40.6 Å². The van der Waals surface area contributed by atoms with E-state index in [2.05, 4.69) is 10.3 Å². The molecule has 0 saturated carbocycles. The number of rotatable bonds is 3. The molecule has 0 atom stereocenters. The van der Waals surface area contributed by atoms with Crippen LogP contribution in [-0.2, 0) is 0 Å². The minimum atomic E-state index is -2.34. The van der Waals surface area contributed by atoms with Gasteiger partial charge in [-0.15, -0.1) is 0 Å². The Morgan fingerprint density at radius 2 is 1.47 bits per heavy atom. The molecular weight excluding hydrogens is 407 g/mol. The summed E-state index contributed by atoms with van der Waals surface area (Å²) in [6.07, 6.45) is 0. The molecule has 1 amide bonds. The Hall–Kier alpha value is -3.75. The molecule has 1 aromatic heterocycles. The average molecular weight is 418 g/mol. The molecule has 30 heavy (non-hydrogen) atoms. The maximum absolute atomic E-state index is 13.8. The fourth-order valence-electron chi connectivity index (χ4n) is 2.82. The van der Waals surface area contributed by atoms with Crippen molar-refractivity contribution < 1.29 is 31.2 Å². The number of benzene rings is 3. The van der Waals surface area contributed by atoms with Gasteiger partial charge in [0, 0.05) is 11.3 Å². The first-order valence-corrected chi connectivity index (χ1v) is 8.56. The van der Waals surface area contributed by atoms with Gasteiger partial charge in [0.25, 0.3) is 5.91 Å². The van der Waals surface area contributed by atoms with Crippen molar-refractivity contribution >= 4 is 22.7 Å². The first-order chi connectivity index (χ1) is 14.3. The number of hydrogen-bond donors (Lipinski definition) is 1. The first kappa shape index (κ1) is 19.6. The Labute approximate surface area is 166 Å². The molecule has 9 heteroatoms. The third-order valence-electron chi connectivity index (χ3n) is 4.38. The highest BCUT2D eigenvalue weighted by Crippen LogP contribution is 2.28. The largest absolute Gasteiger partial charge is 0.436 e. The first-order valence-electron chi connectivity index (χ1n) is 8.56. The third-order valence-corrected chi connectivity index (χ3v) is 4.38. The minimum Gasteiger partial charge on any atom is -0.436 e. The molecule has 1 heterocycles. The van der Waals surface area contributed by atoms with Gasteiger partial charge < -0.3 is 9.73 Å². The van der Waals surface area contributed by atoms with Crippen LogP contribution in [0.4, 0.5) is 27.6 Å². The summed E-state index contributed by atoms with van der Waals surface area (Å²) in [6, 6.07) is 11.5. The van der Waals surface area contributed by atoms with E-state index in [1.807, 2.05) is 31.2 Å². The van der Waals surface area contributed by atoms with Crippen molar-refractivity contribution in [2.45, 2.75) is 6.92 Å². The second-order valence-corrected chi connectivity index (χ2v) is 6.47. The van der Waals surface area contributed by atoms with Crippen LogP contribution in [0.2, 0.25) is 0 Å². The molecule has 0 aliphatic carbocycles. The zero-order valence-corrected chi connectivity index (χ0v) is 15.2. The molecule has 0 aliphatic rings. The van der Waals surface area contributed by atoms with Gasteiger partial charge in [-0.2, -0.15) is 0 Å². The van der Waals surface area contributed by atoms with Crippen molar-refractivity contribution in [1.29, 1.82) is 0 Å². The second-order valence-electron chi connectivity index (χ2n) is 6.47. The standard InChI is InChI=1S/C21H11F5N2O2/c1-9-2-4-10(5-3-9)21-28-12-8-11(6-7-13(12)30-21)27-20(29)14-15(22)17(24)19(26)18(25)16(14)23/h2-8H,1H3,(H,27,29). The predicted octanol–water partition coefficient (Wildman–Crippen LogP) is 5.75. The Morgan fingerprint density at radius 1 is 0.867 bits per heavy atom. The van der Waals surface area contributed by atoms with Gasteiger partial charge >= 0.3 is 0 Å². The van der Waals surface area contributed by atoms with Crippen LogP contribution in [0.1, 0.15) is 15.9 Å².